The molecule has 0 nitrogen and oxygen atoms in total. The van der Waals surface area contributed by atoms with Gasteiger partial charge in [0.15, 0.2) is 0 Å². The van der Waals surface area contributed by atoms with Crippen LogP contribution in [0, 0.1) is 50.3 Å². The molecule has 1 heteroatoms. The van der Waals surface area contributed by atoms with Crippen molar-refractivity contribution in [2.75, 3.05) is 0 Å². The molecule has 0 fully saturated rings. The monoisotopic (exact) mass is 650 g/mol. The van der Waals surface area contributed by atoms with Gasteiger partial charge >= 0.3 is 28.4 Å². The Hall–Kier alpha value is -2.11. The zero-order valence-electron chi connectivity index (χ0n) is 29.5. The summed E-state index contributed by atoms with van der Waals surface area (Å²) in [6, 6.07) is 23.4. The Morgan fingerprint density at radius 1 is 0.767 bits per heavy atom. The number of rotatable bonds is 0. The first-order valence-corrected chi connectivity index (χ1v) is 17.2. The third kappa shape index (κ3) is 11.4. The number of hydrogen-bond donors (Lipinski definition) is 0. The van der Waals surface area contributed by atoms with Gasteiger partial charge in [-0.25, -0.2) is 6.08 Å². The van der Waals surface area contributed by atoms with E-state index in [1.54, 1.807) is 6.92 Å². The van der Waals surface area contributed by atoms with Crippen LogP contribution >= 0.6 is 0 Å². The smallest absolute Gasteiger partial charge is 0.171 e. The zero-order chi connectivity index (χ0) is 33.2. The van der Waals surface area contributed by atoms with Crippen molar-refractivity contribution in [3.05, 3.63) is 125 Å². The molecular weight excluding hydrogens is 596 g/mol. The Morgan fingerprint density at radius 2 is 1.30 bits per heavy atom. The number of aryl methyl sites for hydroxylation is 2. The van der Waals surface area contributed by atoms with Crippen LogP contribution in [0.3, 0.4) is 0 Å². The quantitative estimate of drug-likeness (QED) is 0.166. The van der Waals surface area contributed by atoms with Crippen LogP contribution in [0.15, 0.2) is 66.3 Å². The predicted octanol–water partition coefficient (Wildman–Crippen LogP) is 11.5. The van der Waals surface area contributed by atoms with Crippen molar-refractivity contribution in [1.29, 1.82) is 0 Å². The van der Waals surface area contributed by atoms with Crippen LogP contribution < -0.4 is 0 Å². The molecule has 0 saturated carbocycles. The fraction of sp³-hybridized carbons (Fsp3) is 0.429. The van der Waals surface area contributed by atoms with E-state index in [1.165, 1.54) is 74.3 Å². The summed E-state index contributed by atoms with van der Waals surface area (Å²) in [5.41, 5.74) is 13.3. The summed E-state index contributed by atoms with van der Waals surface area (Å²) in [5, 5.41) is 0. The molecule has 5 rings (SSSR count). The molecule has 3 aromatic rings. The first-order chi connectivity index (χ1) is 20.0. The number of hydrogen-bond acceptors (Lipinski definition) is 0. The van der Waals surface area contributed by atoms with E-state index in [-0.39, 0.29) is 10.8 Å². The summed E-state index contributed by atoms with van der Waals surface area (Å²) in [5.74, 6) is 0.522. The van der Waals surface area contributed by atoms with Crippen LogP contribution in [-0.4, -0.2) is 4.21 Å². The van der Waals surface area contributed by atoms with Gasteiger partial charge in [-0.1, -0.05) is 111 Å². The van der Waals surface area contributed by atoms with Crippen LogP contribution in [0.2, 0.25) is 0 Å². The van der Waals surface area contributed by atoms with Crippen LogP contribution in [0.5, 0.6) is 0 Å². The number of benzene rings is 3. The van der Waals surface area contributed by atoms with E-state index in [2.05, 4.69) is 143 Å². The van der Waals surface area contributed by atoms with Gasteiger partial charge in [0.2, 0.25) is 0 Å². The van der Waals surface area contributed by atoms with Gasteiger partial charge in [-0.3, -0.25) is 6.08 Å². The van der Waals surface area contributed by atoms with Crippen LogP contribution in [0.1, 0.15) is 110 Å². The molecule has 0 aliphatic heterocycles. The Balaban J connectivity index is 0.000000379. The van der Waals surface area contributed by atoms with E-state index >= 15 is 0 Å². The van der Waals surface area contributed by atoms with Crippen molar-refractivity contribution in [1.82, 2.24) is 0 Å². The molecule has 43 heavy (non-hydrogen) atoms. The first kappa shape index (κ1) is 38.9. The van der Waals surface area contributed by atoms with E-state index in [0.717, 1.165) is 6.42 Å². The average molecular weight is 652 g/mol. The van der Waals surface area contributed by atoms with Gasteiger partial charge in [-0.15, -0.1) is 16.7 Å². The molecule has 1 unspecified atom stereocenters. The second kappa shape index (κ2) is 16.8. The standard InChI is InChI=1S/C23H29.C10H15.C6H5.C2H5.CH2.Zr/c1-14-9-16-11-17-10-15(2)21(23(6,7)8)13-19(17)18(16)12-20(14)22(3,4)5;1-8-5-6-9(7-8)10(2,3)4;1-2-4-6-5-3-1;1-2;;/h9,12-13H,11H2,1-8H3;6-8H,1-4H3;1-5H;1H2,2H3;1H2;/q4*-1;;. The molecule has 1 atom stereocenters. The molecule has 2 aliphatic rings. The van der Waals surface area contributed by atoms with Crippen molar-refractivity contribution in [2.45, 2.75) is 107 Å². The van der Waals surface area contributed by atoms with Crippen molar-refractivity contribution in [2.24, 2.45) is 11.3 Å². The maximum absolute atomic E-state index is 3.69. The third-order valence-electron chi connectivity index (χ3n) is 7.48. The molecule has 2 aliphatic carbocycles. The van der Waals surface area contributed by atoms with Gasteiger partial charge in [-0.05, 0) is 35.4 Å². The van der Waals surface area contributed by atoms with Crippen LogP contribution in [-0.2, 0) is 41.5 Å². The van der Waals surface area contributed by atoms with E-state index in [1.807, 2.05) is 30.3 Å². The number of fused-ring (bicyclic) bond motifs is 3. The molecular formula is C42H56Zr-4. The normalized spacial score (nSPS) is 14.6. The largest absolute Gasteiger partial charge is 0.184 e. The van der Waals surface area contributed by atoms with Crippen molar-refractivity contribution >= 4 is 4.21 Å². The van der Waals surface area contributed by atoms with E-state index in [9.17, 15) is 0 Å². The average Bonchev–Trinajstić information content (AvgIpc) is 3.53. The molecule has 3 aromatic carbocycles. The molecule has 0 radical (unpaired) electrons. The Morgan fingerprint density at radius 3 is 1.67 bits per heavy atom. The zero-order valence-corrected chi connectivity index (χ0v) is 31.9. The van der Waals surface area contributed by atoms with Crippen molar-refractivity contribution in [3.63, 3.8) is 0 Å². The van der Waals surface area contributed by atoms with Crippen molar-refractivity contribution < 1.29 is 24.2 Å². The molecule has 0 N–H and O–H groups in total. The topological polar surface area (TPSA) is 0 Å². The third-order valence-corrected chi connectivity index (χ3v) is 7.48. The van der Waals surface area contributed by atoms with Gasteiger partial charge in [0, 0.05) is 0 Å². The fourth-order valence-corrected chi connectivity index (χ4v) is 5.42. The second-order valence-electron chi connectivity index (χ2n) is 14.3. The van der Waals surface area contributed by atoms with E-state index in [0.29, 0.717) is 11.3 Å². The van der Waals surface area contributed by atoms with Gasteiger partial charge in [0.1, 0.15) is 0 Å². The van der Waals surface area contributed by atoms with Gasteiger partial charge in [0.05, 0.1) is 0 Å². The summed E-state index contributed by atoms with van der Waals surface area (Å²) < 4.78 is 3.34. The minimum Gasteiger partial charge on any atom is -0.184 e. The van der Waals surface area contributed by atoms with Crippen molar-refractivity contribution in [3.8, 4) is 11.1 Å². The Labute approximate surface area is 281 Å². The maximum atomic E-state index is 3.69. The SMILES string of the molecule is CC1[C-]=CC(C(C)(C)C)=C1.Cc1[c-]c2c(cc1C(C)(C)C)-c1cc(C(C)(C)C)c(C)cc1C2.[CH2-]C.[CH2]=[Zr].[c-]1ccccc1. The summed E-state index contributed by atoms with van der Waals surface area (Å²) in [7, 11) is 0. The Bertz CT molecular complexity index is 1260. The maximum Gasteiger partial charge on any atom is -0.171 e. The summed E-state index contributed by atoms with van der Waals surface area (Å²) >= 11 is 1.30. The second-order valence-corrected chi connectivity index (χ2v) is 14.3. The van der Waals surface area contributed by atoms with Gasteiger partial charge in [-0.2, -0.15) is 72.7 Å². The van der Waals surface area contributed by atoms with Gasteiger partial charge < -0.3 is 6.92 Å². The van der Waals surface area contributed by atoms with E-state index < -0.39 is 0 Å². The Kier molecular flexibility index (Phi) is 15.2. The molecule has 0 bridgehead atoms. The molecule has 0 amide bonds. The molecule has 0 saturated heterocycles. The predicted molar refractivity (Wildman–Crippen MR) is 188 cm³/mol. The molecule has 0 spiro atoms. The summed E-state index contributed by atoms with van der Waals surface area (Å²) in [6.45, 7) is 32.1. The first-order valence-electron chi connectivity index (χ1n) is 15.5. The molecule has 232 valence electrons. The molecule has 0 aromatic heterocycles. The van der Waals surface area contributed by atoms with Gasteiger partial charge in [0.25, 0.3) is 0 Å². The summed E-state index contributed by atoms with van der Waals surface area (Å²) in [4.78, 5) is 0. The van der Waals surface area contributed by atoms with E-state index in [4.69, 9.17) is 0 Å². The fourth-order valence-electron chi connectivity index (χ4n) is 5.42. The summed E-state index contributed by atoms with van der Waals surface area (Å²) in [6.07, 6.45) is 8.68. The number of allylic oxidation sites excluding steroid dienone is 4. The van der Waals surface area contributed by atoms with Crippen LogP contribution in [0.25, 0.3) is 11.1 Å². The molecule has 0 heterocycles. The minimum absolute atomic E-state index is 0.163. The minimum atomic E-state index is 0.163. The van der Waals surface area contributed by atoms with Crippen LogP contribution in [0.4, 0.5) is 0 Å².